The summed E-state index contributed by atoms with van der Waals surface area (Å²) < 4.78 is 7.21. The fourth-order valence-corrected chi connectivity index (χ4v) is 3.36. The zero-order valence-corrected chi connectivity index (χ0v) is 17.7. The molecule has 0 fully saturated rings. The maximum atomic E-state index is 12.2. The molecule has 1 aromatic heterocycles. The number of carbonyl (C=O) groups is 1. The third-order valence-corrected chi connectivity index (χ3v) is 4.74. The average molecular weight is 386 g/mol. The van der Waals surface area contributed by atoms with Crippen molar-refractivity contribution in [1.29, 1.82) is 0 Å². The predicted octanol–water partition coefficient (Wildman–Crippen LogP) is 2.82. The minimum absolute atomic E-state index is 0.000957. The van der Waals surface area contributed by atoms with E-state index in [1.807, 2.05) is 19.0 Å². The summed E-state index contributed by atoms with van der Waals surface area (Å²) in [6, 6.07) is 8.41. The standard InChI is InChI=1S/C21H31N5O2/c1-21(2,3)23-20-19(15-7-9-16(10-8-15)24(4)5)22-17-13-25(11-12-26(17)20)18(27)14-28-6/h7-10,23H,11-14H2,1-6H3. The number of hydrogen-bond acceptors (Lipinski definition) is 5. The van der Waals surface area contributed by atoms with Crippen LogP contribution in [0.4, 0.5) is 11.5 Å². The number of benzene rings is 1. The quantitative estimate of drug-likeness (QED) is 0.858. The van der Waals surface area contributed by atoms with E-state index in [0.717, 1.165) is 28.6 Å². The van der Waals surface area contributed by atoms with Gasteiger partial charge in [0.2, 0.25) is 5.91 Å². The van der Waals surface area contributed by atoms with Gasteiger partial charge in [-0.2, -0.15) is 0 Å². The summed E-state index contributed by atoms with van der Waals surface area (Å²) in [6.07, 6.45) is 0. The zero-order chi connectivity index (χ0) is 20.5. The molecule has 0 unspecified atom stereocenters. The molecule has 152 valence electrons. The Balaban J connectivity index is 1.99. The lowest BCUT2D eigenvalue weighted by atomic mass is 10.1. The van der Waals surface area contributed by atoms with Crippen LogP contribution >= 0.6 is 0 Å². The van der Waals surface area contributed by atoms with E-state index in [4.69, 9.17) is 9.72 Å². The molecule has 0 bridgehead atoms. The van der Waals surface area contributed by atoms with Crippen LogP contribution in [0.2, 0.25) is 0 Å². The van der Waals surface area contributed by atoms with Crippen LogP contribution in [0.5, 0.6) is 0 Å². The third-order valence-electron chi connectivity index (χ3n) is 4.74. The van der Waals surface area contributed by atoms with Crippen LogP contribution in [0, 0.1) is 0 Å². The van der Waals surface area contributed by atoms with Crippen molar-refractivity contribution in [3.63, 3.8) is 0 Å². The Morgan fingerprint density at radius 2 is 1.89 bits per heavy atom. The highest BCUT2D eigenvalue weighted by Gasteiger charge is 2.28. The van der Waals surface area contributed by atoms with E-state index >= 15 is 0 Å². The summed E-state index contributed by atoms with van der Waals surface area (Å²) in [7, 11) is 5.61. The number of rotatable bonds is 5. The van der Waals surface area contributed by atoms with Crippen molar-refractivity contribution in [2.75, 3.05) is 44.6 Å². The summed E-state index contributed by atoms with van der Waals surface area (Å²) in [5, 5.41) is 3.62. The second kappa shape index (κ2) is 7.83. The smallest absolute Gasteiger partial charge is 0.249 e. The Bertz CT molecular complexity index is 834. The lowest BCUT2D eigenvalue weighted by molar-refractivity contribution is -0.136. The molecule has 0 aliphatic carbocycles. The minimum atomic E-state index is -0.0991. The molecule has 7 heteroatoms. The van der Waals surface area contributed by atoms with Gasteiger partial charge in [0.25, 0.3) is 0 Å². The lowest BCUT2D eigenvalue weighted by Gasteiger charge is -2.30. The van der Waals surface area contributed by atoms with Gasteiger partial charge in [-0.1, -0.05) is 12.1 Å². The van der Waals surface area contributed by atoms with Crippen LogP contribution < -0.4 is 10.2 Å². The molecule has 1 aliphatic rings. The number of nitrogens with zero attached hydrogens (tertiary/aromatic N) is 4. The van der Waals surface area contributed by atoms with Crippen LogP contribution in [-0.4, -0.2) is 60.3 Å². The van der Waals surface area contributed by atoms with Crippen LogP contribution in [-0.2, 0) is 22.6 Å². The van der Waals surface area contributed by atoms with E-state index in [9.17, 15) is 4.79 Å². The van der Waals surface area contributed by atoms with E-state index in [0.29, 0.717) is 19.6 Å². The van der Waals surface area contributed by atoms with Gasteiger partial charge >= 0.3 is 0 Å². The highest BCUT2D eigenvalue weighted by atomic mass is 16.5. The van der Waals surface area contributed by atoms with Crippen molar-refractivity contribution >= 4 is 17.4 Å². The van der Waals surface area contributed by atoms with Crippen molar-refractivity contribution in [2.45, 2.75) is 39.4 Å². The average Bonchev–Trinajstić information content (AvgIpc) is 2.98. The first kappa shape index (κ1) is 20.2. The van der Waals surface area contributed by atoms with Gasteiger partial charge < -0.3 is 24.4 Å². The van der Waals surface area contributed by atoms with Crippen molar-refractivity contribution in [3.05, 3.63) is 30.1 Å². The van der Waals surface area contributed by atoms with Gasteiger partial charge in [-0.15, -0.1) is 0 Å². The van der Waals surface area contributed by atoms with E-state index in [2.05, 4.69) is 59.8 Å². The predicted molar refractivity (Wildman–Crippen MR) is 113 cm³/mol. The van der Waals surface area contributed by atoms with Crippen LogP contribution in [0.25, 0.3) is 11.3 Å². The molecule has 28 heavy (non-hydrogen) atoms. The monoisotopic (exact) mass is 385 g/mol. The van der Waals surface area contributed by atoms with Crippen molar-refractivity contribution < 1.29 is 9.53 Å². The Morgan fingerprint density at radius 1 is 1.21 bits per heavy atom. The summed E-state index contributed by atoms with van der Waals surface area (Å²) in [5.41, 5.74) is 3.04. The van der Waals surface area contributed by atoms with Gasteiger partial charge in [-0.25, -0.2) is 4.98 Å². The second-order valence-electron chi connectivity index (χ2n) is 8.44. The van der Waals surface area contributed by atoms with Gasteiger partial charge in [-0.05, 0) is 32.9 Å². The van der Waals surface area contributed by atoms with Crippen LogP contribution in [0.1, 0.15) is 26.6 Å². The summed E-state index contributed by atoms with van der Waals surface area (Å²) in [4.78, 5) is 21.1. The molecule has 1 N–H and O–H groups in total. The summed E-state index contributed by atoms with van der Waals surface area (Å²) in [6.45, 7) is 8.40. The van der Waals surface area contributed by atoms with Gasteiger partial charge in [0.15, 0.2) is 0 Å². The molecule has 0 saturated heterocycles. The first-order chi connectivity index (χ1) is 13.2. The molecule has 3 rings (SSSR count). The molecule has 1 aromatic carbocycles. The molecule has 0 radical (unpaired) electrons. The fourth-order valence-electron chi connectivity index (χ4n) is 3.36. The van der Waals surface area contributed by atoms with Gasteiger partial charge in [0.1, 0.15) is 23.9 Å². The van der Waals surface area contributed by atoms with Crippen molar-refractivity contribution in [1.82, 2.24) is 14.5 Å². The second-order valence-corrected chi connectivity index (χ2v) is 8.44. The van der Waals surface area contributed by atoms with Gasteiger partial charge in [-0.3, -0.25) is 4.79 Å². The van der Waals surface area contributed by atoms with Gasteiger partial charge in [0.05, 0.1) is 6.54 Å². The maximum Gasteiger partial charge on any atom is 0.249 e. The third kappa shape index (κ3) is 4.30. The molecule has 0 spiro atoms. The lowest BCUT2D eigenvalue weighted by Crippen LogP contribution is -2.40. The first-order valence-corrected chi connectivity index (χ1v) is 9.61. The molecule has 0 atom stereocenters. The van der Waals surface area contributed by atoms with Crippen LogP contribution in [0.15, 0.2) is 24.3 Å². The Labute approximate surface area is 167 Å². The van der Waals surface area contributed by atoms with Crippen molar-refractivity contribution in [2.24, 2.45) is 0 Å². The summed E-state index contributed by atoms with van der Waals surface area (Å²) >= 11 is 0. The van der Waals surface area contributed by atoms with Gasteiger partial charge in [0, 0.05) is 51.1 Å². The molecule has 2 heterocycles. The number of amides is 1. The fraction of sp³-hybridized carbons (Fsp3) is 0.524. The number of ether oxygens (including phenoxy) is 1. The molecular formula is C21H31N5O2. The number of carbonyl (C=O) groups excluding carboxylic acids is 1. The molecule has 0 saturated carbocycles. The van der Waals surface area contributed by atoms with E-state index in [1.54, 1.807) is 7.11 Å². The van der Waals surface area contributed by atoms with E-state index in [-0.39, 0.29) is 18.1 Å². The topological polar surface area (TPSA) is 62.6 Å². The first-order valence-electron chi connectivity index (χ1n) is 9.61. The zero-order valence-electron chi connectivity index (χ0n) is 17.7. The normalized spacial score (nSPS) is 14.0. The number of hydrogen-bond donors (Lipinski definition) is 1. The van der Waals surface area contributed by atoms with E-state index < -0.39 is 0 Å². The largest absolute Gasteiger partial charge is 0.378 e. The molecule has 7 nitrogen and oxygen atoms in total. The Hall–Kier alpha value is -2.54. The van der Waals surface area contributed by atoms with E-state index in [1.165, 1.54) is 0 Å². The number of fused-ring (bicyclic) bond motifs is 1. The number of anilines is 2. The van der Waals surface area contributed by atoms with Crippen LogP contribution in [0.3, 0.4) is 0 Å². The minimum Gasteiger partial charge on any atom is -0.378 e. The highest BCUT2D eigenvalue weighted by Crippen LogP contribution is 2.33. The maximum absolute atomic E-state index is 12.2. The number of methoxy groups -OCH3 is 1. The Morgan fingerprint density at radius 3 is 2.46 bits per heavy atom. The number of nitrogens with one attached hydrogen (secondary N) is 1. The summed E-state index contributed by atoms with van der Waals surface area (Å²) in [5.74, 6) is 1.91. The highest BCUT2D eigenvalue weighted by molar-refractivity contribution is 5.78. The molecule has 2 aromatic rings. The van der Waals surface area contributed by atoms with Crippen molar-refractivity contribution in [3.8, 4) is 11.3 Å². The number of imidazole rings is 1. The molecular weight excluding hydrogens is 354 g/mol. The number of aromatic nitrogens is 2. The molecule has 1 aliphatic heterocycles. The molecule has 1 amide bonds. The Kier molecular flexibility index (Phi) is 5.65. The SMILES string of the molecule is COCC(=O)N1CCn2c(nc(-c3ccc(N(C)C)cc3)c2NC(C)(C)C)C1.